The van der Waals surface area contributed by atoms with E-state index in [0.29, 0.717) is 0 Å². The molecule has 0 bridgehead atoms. The Bertz CT molecular complexity index is 1500. The number of rotatable bonds is 11. The molecule has 40 heavy (non-hydrogen) atoms. The monoisotopic (exact) mass is 584 g/mol. The van der Waals surface area contributed by atoms with Crippen LogP contribution in [0.2, 0.25) is 0 Å². The Morgan fingerprint density at radius 3 is 2.75 bits per heavy atom. The Labute approximate surface area is 234 Å². The molecule has 0 aliphatic carbocycles. The molecule has 16 heteroatoms. The molecule has 0 unspecified atom stereocenters. The van der Waals surface area contributed by atoms with Gasteiger partial charge in [-0.1, -0.05) is 18.2 Å². The Kier molecular flexibility index (Phi) is 7.44. The van der Waals surface area contributed by atoms with Gasteiger partial charge >= 0.3 is 13.7 Å². The highest BCUT2D eigenvalue weighted by Crippen LogP contribution is 2.48. The van der Waals surface area contributed by atoms with E-state index < -0.39 is 63.5 Å². The average molecular weight is 585 g/mol. The number of aliphatic hydroxyl groups excluding tert-OH is 1. The summed E-state index contributed by atoms with van der Waals surface area (Å²) in [4.78, 5) is 24.4. The number of imidazole rings is 1. The van der Waals surface area contributed by atoms with Crippen molar-refractivity contribution in [3.05, 3.63) is 36.7 Å². The van der Waals surface area contributed by atoms with Crippen LogP contribution in [0, 0.1) is 0 Å². The lowest BCUT2D eigenvalue weighted by Gasteiger charge is -2.25. The Hall–Kier alpha value is -3.36. The Morgan fingerprint density at radius 2 is 2.08 bits per heavy atom. The molecule has 0 radical (unpaired) electrons. The number of hydrogen-bond acceptors (Lipinski definition) is 12. The minimum Gasteiger partial charge on any atom is -0.462 e. The van der Waals surface area contributed by atoms with Crippen molar-refractivity contribution < 1.29 is 41.5 Å². The fraction of sp³-hybridized carbons (Fsp3) is 0.500. The molecule has 0 spiro atoms. The zero-order chi connectivity index (χ0) is 31.7. The number of para-hydroxylation sites is 1. The number of benzene rings is 1. The fourth-order valence-corrected chi connectivity index (χ4v) is 5.55. The molecule has 5 N–H and O–H groups in total. The van der Waals surface area contributed by atoms with Crippen molar-refractivity contribution in [1.29, 1.82) is 0 Å². The number of carbonyl (C=O) groups is 1. The summed E-state index contributed by atoms with van der Waals surface area (Å²) in [5, 5.41) is 15.6. The van der Waals surface area contributed by atoms with Gasteiger partial charge in [0, 0.05) is 11.1 Å². The van der Waals surface area contributed by atoms with E-state index in [9.17, 15) is 14.5 Å². The molecule has 6 atom stereocenters. The van der Waals surface area contributed by atoms with Gasteiger partial charge in [0.05, 0.1) is 19.0 Å². The van der Waals surface area contributed by atoms with E-state index in [2.05, 4.69) is 25.4 Å². The number of carbonyl (C=O) groups excluding carboxylic acids is 1. The van der Waals surface area contributed by atoms with Crippen molar-refractivity contribution in [2.24, 2.45) is 0 Å². The van der Waals surface area contributed by atoms with E-state index >= 15 is 4.39 Å². The number of ether oxygens (including phenoxy) is 2. The molecule has 1 aliphatic heterocycles. The number of halogens is 1. The SMILES string of the molecule is [2H]C([2H])([2H])Nc1nc(N)nc2c1ncn2[C@@H]1O[C@H](CO[P@](=O)(N[C@@H](C)C(=O)OC(C)C)Oc2ccccc2)[C@@H](O)[C@@]1(C)F. The van der Waals surface area contributed by atoms with Gasteiger partial charge in [-0.2, -0.15) is 15.1 Å². The maximum Gasteiger partial charge on any atom is 0.459 e. The fourth-order valence-electron chi connectivity index (χ4n) is 4.05. The zero-order valence-corrected chi connectivity index (χ0v) is 23.0. The number of nitrogens with zero attached hydrogens (tertiary/aromatic N) is 4. The Balaban J connectivity index is 1.58. The third kappa shape index (κ3) is 6.18. The summed E-state index contributed by atoms with van der Waals surface area (Å²) in [5.41, 5.74) is 3.18. The van der Waals surface area contributed by atoms with Crippen molar-refractivity contribution in [1.82, 2.24) is 24.6 Å². The van der Waals surface area contributed by atoms with Crippen LogP contribution in [0.4, 0.5) is 16.2 Å². The normalized spacial score (nSPS) is 26.5. The highest BCUT2D eigenvalue weighted by molar-refractivity contribution is 7.52. The Morgan fingerprint density at radius 1 is 1.35 bits per heavy atom. The van der Waals surface area contributed by atoms with Crippen LogP contribution in [0.3, 0.4) is 0 Å². The van der Waals surface area contributed by atoms with Crippen LogP contribution in [0.1, 0.15) is 38.0 Å². The van der Waals surface area contributed by atoms with E-state index in [4.69, 9.17) is 28.4 Å². The number of esters is 1. The topological polar surface area (TPSA) is 185 Å². The molecule has 1 saturated heterocycles. The van der Waals surface area contributed by atoms with Crippen molar-refractivity contribution in [3.63, 3.8) is 0 Å². The lowest BCUT2D eigenvalue weighted by atomic mass is 9.98. The first kappa shape index (κ1) is 25.6. The molecule has 0 amide bonds. The van der Waals surface area contributed by atoms with Gasteiger partial charge in [-0.25, -0.2) is 13.9 Å². The van der Waals surface area contributed by atoms with E-state index in [1.807, 2.05) is 0 Å². The number of nitrogens with two attached hydrogens (primary N) is 1. The number of nitrogens with one attached hydrogen (secondary N) is 2. The highest BCUT2D eigenvalue weighted by Gasteiger charge is 2.56. The lowest BCUT2D eigenvalue weighted by molar-refractivity contribution is -0.149. The summed E-state index contributed by atoms with van der Waals surface area (Å²) in [7, 11) is -4.35. The number of nitrogen functional groups attached to an aromatic ring is 1. The molecular formula is C24H33FN7O7P. The van der Waals surface area contributed by atoms with Gasteiger partial charge in [-0.05, 0) is 39.8 Å². The first-order chi connectivity index (χ1) is 20.0. The molecule has 4 rings (SSSR count). The third-order valence-corrected chi connectivity index (χ3v) is 7.61. The largest absolute Gasteiger partial charge is 0.462 e. The van der Waals surface area contributed by atoms with Crippen LogP contribution in [-0.4, -0.2) is 74.2 Å². The molecule has 14 nitrogen and oxygen atoms in total. The van der Waals surface area contributed by atoms with E-state index in [1.165, 1.54) is 19.1 Å². The number of anilines is 2. The molecule has 1 fully saturated rings. The minimum absolute atomic E-state index is 0.0360. The minimum atomic E-state index is -4.35. The first-order valence-electron chi connectivity index (χ1n) is 13.8. The van der Waals surface area contributed by atoms with Crippen LogP contribution in [0.15, 0.2) is 36.7 Å². The summed E-state index contributed by atoms with van der Waals surface area (Å²) in [6, 6.07) is 6.86. The van der Waals surface area contributed by atoms with Gasteiger partial charge in [0.15, 0.2) is 28.9 Å². The third-order valence-electron chi connectivity index (χ3n) is 5.96. The number of aromatic nitrogens is 4. The van der Waals surface area contributed by atoms with E-state index in [0.717, 1.165) is 17.8 Å². The van der Waals surface area contributed by atoms with Crippen LogP contribution < -0.4 is 20.7 Å². The van der Waals surface area contributed by atoms with Crippen LogP contribution in [0.5, 0.6) is 5.75 Å². The smallest absolute Gasteiger partial charge is 0.459 e. The number of fused-ring (bicyclic) bond motifs is 1. The zero-order valence-electron chi connectivity index (χ0n) is 25.1. The molecule has 3 aromatic rings. The molecule has 1 aromatic carbocycles. The summed E-state index contributed by atoms with van der Waals surface area (Å²) in [6.45, 7) is 2.50. The second-order valence-corrected chi connectivity index (χ2v) is 11.2. The van der Waals surface area contributed by atoms with Crippen molar-refractivity contribution in [3.8, 4) is 5.75 Å². The maximum absolute atomic E-state index is 16.1. The number of aliphatic hydroxyl groups is 1. The van der Waals surface area contributed by atoms with Crippen LogP contribution >= 0.6 is 7.75 Å². The predicted molar refractivity (Wildman–Crippen MR) is 143 cm³/mol. The van der Waals surface area contributed by atoms with E-state index in [1.54, 1.807) is 32.0 Å². The molecular weight excluding hydrogens is 548 g/mol. The average Bonchev–Trinajstić information content (AvgIpc) is 3.40. The lowest BCUT2D eigenvalue weighted by Crippen LogP contribution is -2.41. The molecule has 218 valence electrons. The van der Waals surface area contributed by atoms with Gasteiger partial charge in [0.1, 0.15) is 24.0 Å². The van der Waals surface area contributed by atoms with Crippen molar-refractivity contribution >= 4 is 36.6 Å². The van der Waals surface area contributed by atoms with Gasteiger partial charge in [-0.15, -0.1) is 0 Å². The van der Waals surface area contributed by atoms with Crippen molar-refractivity contribution in [2.45, 2.75) is 63.9 Å². The second kappa shape index (κ2) is 11.6. The maximum atomic E-state index is 16.1. The quantitative estimate of drug-likeness (QED) is 0.191. The van der Waals surface area contributed by atoms with Gasteiger partial charge in [0.2, 0.25) is 5.95 Å². The van der Waals surface area contributed by atoms with Crippen molar-refractivity contribution in [2.75, 3.05) is 24.6 Å². The highest BCUT2D eigenvalue weighted by atomic mass is 31.2. The summed E-state index contributed by atoms with van der Waals surface area (Å²) in [5.74, 6) is -1.11. The summed E-state index contributed by atoms with van der Waals surface area (Å²) >= 11 is 0. The predicted octanol–water partition coefficient (Wildman–Crippen LogP) is 2.57. The number of alkyl halides is 1. The molecule has 1 aliphatic rings. The van der Waals surface area contributed by atoms with Crippen LogP contribution in [0.25, 0.3) is 11.2 Å². The van der Waals surface area contributed by atoms with Gasteiger partial charge in [-0.3, -0.25) is 13.9 Å². The van der Waals surface area contributed by atoms with E-state index in [-0.39, 0.29) is 28.7 Å². The standard InChI is InChI=1S/C24H33FN7O7P/c1-13(2)37-21(34)14(3)31-40(35,39-15-9-7-6-8-10-15)36-11-16-18(33)24(4,25)22(38-16)32-12-28-17-19(27-5)29-23(26)30-20(17)32/h6-10,12-14,16,18,22,33H,11H2,1-5H3,(H,31,35)(H3,26,27,29,30)/t14-,16+,18+,22+,24+,40+/m0/s1/i5D3. The number of hydrogen-bond donors (Lipinski definition) is 4. The second-order valence-electron chi connectivity index (χ2n) is 9.54. The summed E-state index contributed by atoms with van der Waals surface area (Å²) < 4.78 is 75.5. The summed E-state index contributed by atoms with van der Waals surface area (Å²) in [6.07, 6.45) is -4.08. The first-order valence-corrected chi connectivity index (χ1v) is 13.8. The molecule has 2 aromatic heterocycles. The molecule has 0 saturated carbocycles. The molecule has 3 heterocycles. The van der Waals surface area contributed by atoms with Gasteiger partial charge < -0.3 is 30.2 Å². The van der Waals surface area contributed by atoms with Gasteiger partial charge in [0.25, 0.3) is 0 Å². The van der Waals surface area contributed by atoms with Crippen LogP contribution in [-0.2, 0) is 23.4 Å².